The van der Waals surface area contributed by atoms with E-state index in [1.165, 1.54) is 0 Å². The number of alkyl halides is 1. The second kappa shape index (κ2) is 7.59. The van der Waals surface area contributed by atoms with Crippen molar-refractivity contribution >= 4 is 17.6 Å². The molecule has 0 fully saturated rings. The van der Waals surface area contributed by atoms with Crippen molar-refractivity contribution in [1.29, 1.82) is 0 Å². The van der Waals surface area contributed by atoms with Crippen LogP contribution in [0.5, 0.6) is 0 Å². The van der Waals surface area contributed by atoms with Gasteiger partial charge in [-0.1, -0.05) is 18.9 Å². The molecule has 1 unspecified atom stereocenters. The number of nitrogens with zero attached hydrogens (tertiary/aromatic N) is 3. The molecule has 0 bridgehead atoms. The zero-order valence-electron chi connectivity index (χ0n) is 11.5. The average molecular weight is 276 g/mol. The number of ether oxygens (including phenoxy) is 1. The molecule has 5 nitrogen and oxygen atoms in total. The van der Waals surface area contributed by atoms with Crippen LogP contribution in [0.25, 0.3) is 0 Å². The van der Waals surface area contributed by atoms with Gasteiger partial charge in [0.1, 0.15) is 5.38 Å². The topological polar surface area (TPSA) is 51.4 Å². The molecule has 1 atom stereocenters. The van der Waals surface area contributed by atoms with Gasteiger partial charge < -0.3 is 14.1 Å². The Balaban J connectivity index is 2.85. The molecule has 0 radical (unpaired) electrons. The van der Waals surface area contributed by atoms with Crippen LogP contribution < -0.4 is 4.90 Å². The number of anilines is 1. The molecule has 1 rings (SSSR count). The van der Waals surface area contributed by atoms with E-state index in [-0.39, 0.29) is 5.38 Å². The molecule has 1 aromatic rings. The van der Waals surface area contributed by atoms with E-state index in [4.69, 9.17) is 20.8 Å². The maximum atomic E-state index is 5.93. The van der Waals surface area contributed by atoms with Crippen molar-refractivity contribution in [3.8, 4) is 0 Å². The highest BCUT2D eigenvalue weighted by Gasteiger charge is 2.22. The minimum atomic E-state index is -0.266. The molecule has 0 aliphatic heterocycles. The number of rotatable bonds is 8. The maximum absolute atomic E-state index is 5.93. The Hall–Kier alpha value is -0.810. The summed E-state index contributed by atoms with van der Waals surface area (Å²) in [6, 6.07) is 0.905. The summed E-state index contributed by atoms with van der Waals surface area (Å²) in [6.45, 7) is 7.48. The standard InChI is InChI=1S/C12H22ClN3O2/c1-5-10(6-2)16(7-8-17-4)12-15-14-11(18-12)9(3)13/h9-10H,5-8H2,1-4H3. The molecule has 0 aliphatic carbocycles. The summed E-state index contributed by atoms with van der Waals surface area (Å²) < 4.78 is 10.7. The third-order valence-electron chi connectivity index (χ3n) is 2.94. The smallest absolute Gasteiger partial charge is 0.318 e. The molecule has 0 saturated heterocycles. The van der Waals surface area contributed by atoms with Crippen molar-refractivity contribution < 1.29 is 9.15 Å². The summed E-state index contributed by atoms with van der Waals surface area (Å²) in [5.41, 5.74) is 0. The van der Waals surface area contributed by atoms with Gasteiger partial charge in [-0.2, -0.15) is 0 Å². The van der Waals surface area contributed by atoms with Gasteiger partial charge in [-0.05, 0) is 19.8 Å². The molecule has 0 aliphatic rings. The third-order valence-corrected chi connectivity index (χ3v) is 3.12. The monoisotopic (exact) mass is 275 g/mol. The van der Waals surface area contributed by atoms with Gasteiger partial charge in [0.05, 0.1) is 6.61 Å². The summed E-state index contributed by atoms with van der Waals surface area (Å²) in [4.78, 5) is 2.10. The van der Waals surface area contributed by atoms with Crippen LogP contribution >= 0.6 is 11.6 Å². The summed E-state index contributed by atoms with van der Waals surface area (Å²) in [5, 5.41) is 7.77. The van der Waals surface area contributed by atoms with Gasteiger partial charge in [0.15, 0.2) is 0 Å². The van der Waals surface area contributed by atoms with Crippen LogP contribution in [0.4, 0.5) is 6.01 Å². The molecule has 0 N–H and O–H groups in total. The van der Waals surface area contributed by atoms with Gasteiger partial charge in [0, 0.05) is 19.7 Å². The number of halogens is 1. The quantitative estimate of drug-likeness (QED) is 0.683. The molecule has 0 aromatic carbocycles. The summed E-state index contributed by atoms with van der Waals surface area (Å²) in [6.07, 6.45) is 2.04. The van der Waals surface area contributed by atoms with Crippen molar-refractivity contribution in [2.75, 3.05) is 25.2 Å². The Kier molecular flexibility index (Phi) is 6.43. The molecule has 1 aromatic heterocycles. The maximum Gasteiger partial charge on any atom is 0.318 e. The highest BCUT2D eigenvalue weighted by molar-refractivity contribution is 6.20. The van der Waals surface area contributed by atoms with Gasteiger partial charge in [-0.15, -0.1) is 16.7 Å². The lowest BCUT2D eigenvalue weighted by Gasteiger charge is -2.28. The van der Waals surface area contributed by atoms with E-state index in [9.17, 15) is 0 Å². The van der Waals surface area contributed by atoms with E-state index >= 15 is 0 Å². The van der Waals surface area contributed by atoms with Crippen LogP contribution in [0.15, 0.2) is 4.42 Å². The highest BCUT2D eigenvalue weighted by atomic mass is 35.5. The number of methoxy groups -OCH3 is 1. The predicted octanol–water partition coefficient (Wildman–Crippen LogP) is 3.01. The fourth-order valence-corrected chi connectivity index (χ4v) is 1.94. The largest absolute Gasteiger partial charge is 0.406 e. The van der Waals surface area contributed by atoms with Crippen LogP contribution in [0, 0.1) is 0 Å². The van der Waals surface area contributed by atoms with E-state index in [0.717, 1.165) is 19.4 Å². The van der Waals surface area contributed by atoms with E-state index in [2.05, 4.69) is 28.9 Å². The molecule has 0 spiro atoms. The fraction of sp³-hybridized carbons (Fsp3) is 0.833. The first-order valence-electron chi connectivity index (χ1n) is 6.37. The SMILES string of the molecule is CCC(CC)N(CCOC)c1nnc(C(C)Cl)o1. The van der Waals surface area contributed by atoms with E-state index in [1.807, 2.05) is 6.92 Å². The lowest BCUT2D eigenvalue weighted by molar-refractivity contribution is 0.200. The first kappa shape index (κ1) is 15.2. The minimum Gasteiger partial charge on any atom is -0.406 e. The van der Waals surface area contributed by atoms with Crippen molar-refractivity contribution in [2.45, 2.75) is 45.0 Å². The van der Waals surface area contributed by atoms with E-state index < -0.39 is 0 Å². The lowest BCUT2D eigenvalue weighted by Crippen LogP contribution is -2.37. The Morgan fingerprint density at radius 2 is 2.00 bits per heavy atom. The third kappa shape index (κ3) is 3.85. The van der Waals surface area contributed by atoms with Gasteiger partial charge in [0.25, 0.3) is 0 Å². The molecule has 18 heavy (non-hydrogen) atoms. The molecule has 0 amide bonds. The molecule has 104 valence electrons. The number of hydrogen-bond acceptors (Lipinski definition) is 5. The van der Waals surface area contributed by atoms with Gasteiger partial charge >= 0.3 is 6.01 Å². The Morgan fingerprint density at radius 3 is 2.44 bits per heavy atom. The summed E-state index contributed by atoms with van der Waals surface area (Å²) in [5.74, 6) is 0.458. The lowest BCUT2D eigenvalue weighted by atomic mass is 10.1. The Morgan fingerprint density at radius 1 is 1.33 bits per heavy atom. The molecule has 6 heteroatoms. The Bertz CT molecular complexity index is 340. The normalized spacial score (nSPS) is 13.0. The second-order valence-electron chi connectivity index (χ2n) is 4.20. The molecular formula is C12H22ClN3O2. The summed E-state index contributed by atoms with van der Waals surface area (Å²) in [7, 11) is 1.69. The predicted molar refractivity (Wildman–Crippen MR) is 72.2 cm³/mol. The summed E-state index contributed by atoms with van der Waals surface area (Å²) >= 11 is 5.93. The van der Waals surface area contributed by atoms with Gasteiger partial charge in [-0.3, -0.25) is 0 Å². The minimum absolute atomic E-state index is 0.266. The van der Waals surface area contributed by atoms with E-state index in [1.54, 1.807) is 7.11 Å². The second-order valence-corrected chi connectivity index (χ2v) is 4.85. The number of aromatic nitrogens is 2. The van der Waals surface area contributed by atoms with Gasteiger partial charge in [0.2, 0.25) is 5.89 Å². The zero-order chi connectivity index (χ0) is 13.5. The van der Waals surface area contributed by atoms with Crippen LogP contribution in [0.3, 0.4) is 0 Å². The van der Waals surface area contributed by atoms with Crippen LogP contribution in [0.1, 0.15) is 44.9 Å². The fourth-order valence-electron chi connectivity index (χ4n) is 1.86. The molecule has 1 heterocycles. The van der Waals surface area contributed by atoms with E-state index in [0.29, 0.717) is 24.6 Å². The number of hydrogen-bond donors (Lipinski definition) is 0. The van der Waals surface area contributed by atoms with Crippen LogP contribution in [-0.2, 0) is 4.74 Å². The van der Waals surface area contributed by atoms with Crippen molar-refractivity contribution in [1.82, 2.24) is 10.2 Å². The average Bonchev–Trinajstić information content (AvgIpc) is 2.84. The first-order valence-corrected chi connectivity index (χ1v) is 6.80. The highest BCUT2D eigenvalue weighted by Crippen LogP contribution is 2.24. The molecular weight excluding hydrogens is 254 g/mol. The zero-order valence-corrected chi connectivity index (χ0v) is 12.3. The Labute approximate surface area is 113 Å². The van der Waals surface area contributed by atoms with Crippen molar-refractivity contribution in [3.63, 3.8) is 0 Å². The molecule has 0 saturated carbocycles. The van der Waals surface area contributed by atoms with Crippen molar-refractivity contribution in [3.05, 3.63) is 5.89 Å². The van der Waals surface area contributed by atoms with Gasteiger partial charge in [-0.25, -0.2) is 0 Å². The van der Waals surface area contributed by atoms with Crippen LogP contribution in [-0.4, -0.2) is 36.5 Å². The first-order chi connectivity index (χ1) is 8.63. The van der Waals surface area contributed by atoms with Crippen molar-refractivity contribution in [2.24, 2.45) is 0 Å². The van der Waals surface area contributed by atoms with Crippen LogP contribution in [0.2, 0.25) is 0 Å².